The van der Waals surface area contributed by atoms with E-state index >= 15 is 0 Å². The summed E-state index contributed by atoms with van der Waals surface area (Å²) >= 11 is 0. The summed E-state index contributed by atoms with van der Waals surface area (Å²) in [5, 5.41) is 23.0. The Bertz CT molecular complexity index is 1150. The summed E-state index contributed by atoms with van der Waals surface area (Å²) in [7, 11) is 0. The van der Waals surface area contributed by atoms with Gasteiger partial charge in [0, 0.05) is 12.8 Å². The van der Waals surface area contributed by atoms with Gasteiger partial charge in [0.25, 0.3) is 0 Å². The lowest BCUT2D eigenvalue weighted by Gasteiger charge is -2.20. The average molecular weight is 999 g/mol. The molecule has 0 saturated carbocycles. The highest BCUT2D eigenvalue weighted by atomic mass is 16.5. The molecule has 71 heavy (non-hydrogen) atoms. The number of carbonyl (C=O) groups is 2. The van der Waals surface area contributed by atoms with Crippen molar-refractivity contribution in [2.45, 2.75) is 353 Å². The third-order valence-corrected chi connectivity index (χ3v) is 14.7. The first kappa shape index (κ1) is 69.1. The summed E-state index contributed by atoms with van der Waals surface area (Å²) in [5.41, 5.74) is 0. The van der Waals surface area contributed by atoms with E-state index in [1.807, 2.05) is 6.08 Å². The molecule has 0 bridgehead atoms. The Kier molecular flexibility index (Phi) is 59.0. The van der Waals surface area contributed by atoms with Gasteiger partial charge in [0.15, 0.2) is 0 Å². The van der Waals surface area contributed by atoms with Crippen LogP contribution in [0.3, 0.4) is 0 Å². The number of hydrogen-bond donors (Lipinski definition) is 3. The number of nitrogens with one attached hydrogen (secondary N) is 1. The number of hydrogen-bond acceptors (Lipinski definition) is 5. The quantitative estimate of drug-likeness (QED) is 0.0321. The second-order valence-corrected chi connectivity index (χ2v) is 21.7. The first-order valence-electron chi connectivity index (χ1n) is 31.8. The van der Waals surface area contributed by atoms with Crippen molar-refractivity contribution in [3.8, 4) is 0 Å². The van der Waals surface area contributed by atoms with Crippen molar-refractivity contribution in [3.05, 3.63) is 36.5 Å². The van der Waals surface area contributed by atoms with E-state index in [4.69, 9.17) is 4.74 Å². The molecular formula is C65H123NO5. The van der Waals surface area contributed by atoms with Crippen molar-refractivity contribution in [2.24, 2.45) is 0 Å². The topological polar surface area (TPSA) is 95.9 Å². The summed E-state index contributed by atoms with van der Waals surface area (Å²) in [5.74, 6) is -0.0611. The van der Waals surface area contributed by atoms with Crippen molar-refractivity contribution < 1.29 is 24.5 Å². The molecule has 0 aliphatic rings. The summed E-state index contributed by atoms with van der Waals surface area (Å²) in [4.78, 5) is 24.5. The Balaban J connectivity index is 3.34. The van der Waals surface area contributed by atoms with Crippen LogP contribution in [0, 0.1) is 0 Å². The van der Waals surface area contributed by atoms with Crippen LogP contribution in [0.1, 0.15) is 341 Å². The molecule has 0 aliphatic heterocycles. The number of unbranched alkanes of at least 4 members (excludes halogenated alkanes) is 44. The van der Waals surface area contributed by atoms with E-state index in [2.05, 4.69) is 43.5 Å². The zero-order valence-electron chi connectivity index (χ0n) is 47.7. The van der Waals surface area contributed by atoms with Crippen LogP contribution < -0.4 is 5.32 Å². The molecule has 0 heterocycles. The van der Waals surface area contributed by atoms with Crippen LogP contribution in [0.5, 0.6) is 0 Å². The zero-order chi connectivity index (χ0) is 51.4. The van der Waals surface area contributed by atoms with Crippen LogP contribution in [0.4, 0.5) is 0 Å². The molecule has 0 spiro atoms. The normalized spacial score (nSPS) is 12.8. The number of ether oxygens (including phenoxy) is 1. The largest absolute Gasteiger partial charge is 0.466 e. The summed E-state index contributed by atoms with van der Waals surface area (Å²) in [6.45, 7) is 4.87. The van der Waals surface area contributed by atoms with Crippen LogP contribution >= 0.6 is 0 Å². The van der Waals surface area contributed by atoms with Crippen molar-refractivity contribution in [2.75, 3.05) is 13.2 Å². The molecule has 2 atom stereocenters. The third-order valence-electron chi connectivity index (χ3n) is 14.7. The zero-order valence-corrected chi connectivity index (χ0v) is 47.7. The second kappa shape index (κ2) is 60.6. The number of rotatable bonds is 59. The molecule has 0 rings (SSSR count). The van der Waals surface area contributed by atoms with Gasteiger partial charge in [0.05, 0.1) is 25.4 Å². The first-order chi connectivity index (χ1) is 35.0. The van der Waals surface area contributed by atoms with E-state index in [1.165, 1.54) is 263 Å². The molecule has 0 fully saturated rings. The van der Waals surface area contributed by atoms with Gasteiger partial charge in [0.2, 0.25) is 5.91 Å². The number of allylic oxidation sites excluding steroid dienone is 5. The van der Waals surface area contributed by atoms with Crippen molar-refractivity contribution in [1.82, 2.24) is 5.32 Å². The number of carbonyl (C=O) groups excluding carboxylic acids is 2. The standard InChI is InChI=1S/C65H123NO5/c1-3-5-7-9-11-13-15-16-31-35-39-43-47-51-55-59-65(70)71-60-56-52-48-44-40-36-33-30-28-26-24-22-20-18-17-19-21-23-25-27-29-32-34-38-42-46-50-54-58-64(69)66-62(61-67)63(68)57-53-49-45-41-37-14-12-10-8-6-4-2/h11,13,16,31,53,57,62-63,67-68H,3-10,12,14-15,17-30,32-52,54-56,58-61H2,1-2H3,(H,66,69)/b13-11-,31-16-,57-53+/t62-,63+/m0/s1. The lowest BCUT2D eigenvalue weighted by atomic mass is 10.0. The van der Waals surface area contributed by atoms with Gasteiger partial charge in [-0.2, -0.15) is 0 Å². The highest BCUT2D eigenvalue weighted by Crippen LogP contribution is 2.18. The fourth-order valence-electron chi connectivity index (χ4n) is 9.78. The number of esters is 1. The highest BCUT2D eigenvalue weighted by molar-refractivity contribution is 5.76. The molecule has 0 unspecified atom stereocenters. The Morgan fingerprint density at radius 3 is 1.10 bits per heavy atom. The lowest BCUT2D eigenvalue weighted by molar-refractivity contribution is -0.143. The van der Waals surface area contributed by atoms with Gasteiger partial charge in [-0.1, -0.05) is 301 Å². The fraction of sp³-hybridized carbons (Fsp3) is 0.877. The van der Waals surface area contributed by atoms with Crippen LogP contribution in [-0.4, -0.2) is 47.4 Å². The Labute approximate surface area is 443 Å². The molecule has 3 N–H and O–H groups in total. The first-order valence-corrected chi connectivity index (χ1v) is 31.8. The van der Waals surface area contributed by atoms with E-state index < -0.39 is 12.1 Å². The molecular weight excluding hydrogens is 875 g/mol. The van der Waals surface area contributed by atoms with Crippen LogP contribution in [0.2, 0.25) is 0 Å². The number of amides is 1. The molecule has 0 radical (unpaired) electrons. The van der Waals surface area contributed by atoms with E-state index in [9.17, 15) is 19.8 Å². The molecule has 1 amide bonds. The van der Waals surface area contributed by atoms with E-state index in [1.54, 1.807) is 6.08 Å². The summed E-state index contributed by atoms with van der Waals surface area (Å²) < 4.78 is 5.48. The van der Waals surface area contributed by atoms with Crippen LogP contribution in [0.25, 0.3) is 0 Å². The monoisotopic (exact) mass is 998 g/mol. The summed E-state index contributed by atoms with van der Waals surface area (Å²) in [6.07, 6.45) is 76.3. The van der Waals surface area contributed by atoms with E-state index in [-0.39, 0.29) is 18.5 Å². The molecule has 0 aromatic carbocycles. The second-order valence-electron chi connectivity index (χ2n) is 21.7. The number of aliphatic hydroxyl groups is 2. The Morgan fingerprint density at radius 1 is 0.394 bits per heavy atom. The van der Waals surface area contributed by atoms with Gasteiger partial charge in [-0.3, -0.25) is 9.59 Å². The number of aliphatic hydroxyl groups excluding tert-OH is 2. The fourth-order valence-corrected chi connectivity index (χ4v) is 9.78. The minimum absolute atomic E-state index is 0.00430. The molecule has 0 aromatic rings. The van der Waals surface area contributed by atoms with Gasteiger partial charge in [0.1, 0.15) is 0 Å². The minimum atomic E-state index is -0.841. The molecule has 6 heteroatoms. The van der Waals surface area contributed by atoms with Gasteiger partial charge in [-0.15, -0.1) is 0 Å². The smallest absolute Gasteiger partial charge is 0.305 e. The SMILES string of the molecule is CCCCC/C=C\C/C=C\CCCCCCCC(=O)OCCCCCCCCCCCCCCCCCCCCCCCCCCCCCCC(=O)N[C@@H](CO)[C@H](O)/C=C/CCCCCCCCCCC. The van der Waals surface area contributed by atoms with Gasteiger partial charge < -0.3 is 20.3 Å². The van der Waals surface area contributed by atoms with E-state index in [0.29, 0.717) is 19.4 Å². The Morgan fingerprint density at radius 2 is 0.704 bits per heavy atom. The predicted molar refractivity (Wildman–Crippen MR) is 310 cm³/mol. The maximum Gasteiger partial charge on any atom is 0.305 e. The average Bonchev–Trinajstić information content (AvgIpc) is 3.37. The molecule has 0 aliphatic carbocycles. The van der Waals surface area contributed by atoms with Gasteiger partial charge in [-0.25, -0.2) is 0 Å². The van der Waals surface area contributed by atoms with Crippen molar-refractivity contribution in [1.29, 1.82) is 0 Å². The maximum absolute atomic E-state index is 12.4. The molecule has 6 nitrogen and oxygen atoms in total. The van der Waals surface area contributed by atoms with Crippen molar-refractivity contribution >= 4 is 11.9 Å². The maximum atomic E-state index is 12.4. The highest BCUT2D eigenvalue weighted by Gasteiger charge is 2.18. The summed E-state index contributed by atoms with van der Waals surface area (Å²) in [6, 6.07) is -0.624. The minimum Gasteiger partial charge on any atom is -0.466 e. The van der Waals surface area contributed by atoms with E-state index in [0.717, 1.165) is 51.4 Å². The molecule has 418 valence electrons. The molecule has 0 aromatic heterocycles. The third kappa shape index (κ3) is 57.2. The van der Waals surface area contributed by atoms with Gasteiger partial charge >= 0.3 is 5.97 Å². The van der Waals surface area contributed by atoms with Gasteiger partial charge in [-0.05, 0) is 64.2 Å². The predicted octanol–water partition coefficient (Wildman–Crippen LogP) is 20.0. The lowest BCUT2D eigenvalue weighted by Crippen LogP contribution is -2.45. The van der Waals surface area contributed by atoms with Crippen LogP contribution in [-0.2, 0) is 14.3 Å². The Hall–Kier alpha value is -1.92. The van der Waals surface area contributed by atoms with Crippen LogP contribution in [0.15, 0.2) is 36.5 Å². The molecule has 0 saturated heterocycles. The van der Waals surface area contributed by atoms with Crippen molar-refractivity contribution in [3.63, 3.8) is 0 Å².